The van der Waals surface area contributed by atoms with E-state index in [2.05, 4.69) is 0 Å². The predicted octanol–water partition coefficient (Wildman–Crippen LogP) is -0.00660. The maximum atomic E-state index is 17.7. The molecule has 9 nitrogen and oxygen atoms in total. The van der Waals surface area contributed by atoms with Crippen molar-refractivity contribution in [2.45, 2.75) is 88.7 Å². The van der Waals surface area contributed by atoms with Crippen molar-refractivity contribution in [3.8, 4) is 0 Å². The zero-order chi connectivity index (χ0) is 27.9. The average molecular weight is 539 g/mol. The number of fused-ring (bicyclic) bond motifs is 5. The molecule has 1 heterocycles. The lowest BCUT2D eigenvalue weighted by Gasteiger charge is -2.62. The van der Waals surface area contributed by atoms with Gasteiger partial charge in [-0.25, -0.2) is 4.39 Å². The van der Waals surface area contributed by atoms with E-state index in [0.717, 1.165) is 0 Å². The molecule has 5 rings (SSSR count). The van der Waals surface area contributed by atoms with Crippen LogP contribution in [-0.4, -0.2) is 97.7 Å². The summed E-state index contributed by atoms with van der Waals surface area (Å²) in [4.78, 5) is 25.9. The summed E-state index contributed by atoms with van der Waals surface area (Å²) in [6, 6.07) is 0. The number of halogens is 1. The Morgan fingerprint density at radius 1 is 1.11 bits per heavy atom. The summed E-state index contributed by atoms with van der Waals surface area (Å²) < 4.78 is 23.3. The summed E-state index contributed by atoms with van der Waals surface area (Å²) in [6.07, 6.45) is -4.99. The smallest absolute Gasteiger partial charge is 0.184 e. The van der Waals surface area contributed by atoms with Crippen molar-refractivity contribution in [1.29, 1.82) is 0 Å². The van der Waals surface area contributed by atoms with E-state index in [1.807, 2.05) is 13.8 Å². The van der Waals surface area contributed by atoms with E-state index in [4.69, 9.17) is 4.74 Å². The minimum Gasteiger partial charge on any atom is -0.394 e. The largest absolute Gasteiger partial charge is 0.394 e. The molecule has 13 atom stereocenters. The fourth-order valence-electron chi connectivity index (χ4n) is 9.07. The van der Waals surface area contributed by atoms with Crippen LogP contribution in [0.25, 0.3) is 0 Å². The Balaban J connectivity index is 1.57. The number of allylic oxidation sites excluding steroid dienone is 3. The quantitative estimate of drug-likeness (QED) is 0.289. The maximum Gasteiger partial charge on any atom is 0.184 e. The Morgan fingerprint density at radius 3 is 2.42 bits per heavy atom. The van der Waals surface area contributed by atoms with Crippen LogP contribution in [0.1, 0.15) is 46.5 Å². The van der Waals surface area contributed by atoms with Crippen LogP contribution in [0.2, 0.25) is 0 Å². The molecule has 38 heavy (non-hydrogen) atoms. The number of Topliss-reactive ketones (excluding diaryl/α,β-unsaturated/α-hetero) is 1. The molecule has 6 N–H and O–H groups in total. The number of ketones is 2. The van der Waals surface area contributed by atoms with Gasteiger partial charge in [-0.05, 0) is 55.9 Å². The van der Waals surface area contributed by atoms with Gasteiger partial charge in [-0.15, -0.1) is 0 Å². The van der Waals surface area contributed by atoms with Crippen LogP contribution in [0.5, 0.6) is 0 Å². The molecule has 0 bridgehead atoms. The van der Waals surface area contributed by atoms with Gasteiger partial charge >= 0.3 is 0 Å². The number of ether oxygens (including phenoxy) is 1. The Labute approximate surface area is 221 Å². The molecule has 4 fully saturated rings. The van der Waals surface area contributed by atoms with Crippen molar-refractivity contribution in [2.24, 2.45) is 34.5 Å². The van der Waals surface area contributed by atoms with E-state index in [9.17, 15) is 40.2 Å². The molecule has 0 aromatic rings. The van der Waals surface area contributed by atoms with Gasteiger partial charge in [0, 0.05) is 22.8 Å². The number of carbonyl (C=O) groups excluding carboxylic acids is 2. The first-order chi connectivity index (χ1) is 17.8. The van der Waals surface area contributed by atoms with Gasteiger partial charge in [0.25, 0.3) is 0 Å². The van der Waals surface area contributed by atoms with Crippen molar-refractivity contribution in [2.75, 3.05) is 13.2 Å². The highest BCUT2D eigenvalue weighted by atomic mass is 19.1. The minimum atomic E-state index is -2.20. The molecule has 0 amide bonds. The van der Waals surface area contributed by atoms with Gasteiger partial charge in [0.15, 0.2) is 17.2 Å². The van der Waals surface area contributed by atoms with Crippen molar-refractivity contribution < 1.29 is 49.4 Å². The molecule has 1 saturated heterocycles. The molecular weight excluding hydrogens is 499 g/mol. The van der Waals surface area contributed by atoms with Crippen LogP contribution < -0.4 is 0 Å². The summed E-state index contributed by atoms with van der Waals surface area (Å²) in [6.45, 7) is 4.20. The molecule has 10 heteroatoms. The second-order valence-electron chi connectivity index (χ2n) is 12.6. The second-order valence-corrected chi connectivity index (χ2v) is 12.6. The monoisotopic (exact) mass is 538 g/mol. The van der Waals surface area contributed by atoms with E-state index < -0.39 is 84.0 Å². The van der Waals surface area contributed by atoms with E-state index in [-0.39, 0.29) is 29.6 Å². The molecule has 4 aliphatic carbocycles. The Morgan fingerprint density at radius 2 is 1.79 bits per heavy atom. The second kappa shape index (κ2) is 9.26. The highest BCUT2D eigenvalue weighted by molar-refractivity contribution is 6.07. The fourth-order valence-corrected chi connectivity index (χ4v) is 9.07. The standard InChI is InChI=1S/C28H39FO9/c1-12-6-16-15-5-4-13-7-17(32)14(25-24(37)23(36)22(35)19(11-31)38-25)8-27(13,3)28(15,29)20(34)9-26(16,2)21(12)18(33)10-30/h7-8,12,15-16,19-25,30-31,34-37H,4-6,9-11H2,1-3H3/t12?,15-,16-,19+,20?,21+,22-,23-,24+,25?,26-,27-,28?/m0/s1. The van der Waals surface area contributed by atoms with E-state index in [0.29, 0.717) is 24.8 Å². The number of alkyl halides is 1. The van der Waals surface area contributed by atoms with Gasteiger partial charge < -0.3 is 35.4 Å². The first-order valence-corrected chi connectivity index (χ1v) is 13.5. The lowest BCUT2D eigenvalue weighted by molar-refractivity contribution is -0.220. The van der Waals surface area contributed by atoms with Gasteiger partial charge in [0.2, 0.25) is 0 Å². The Bertz CT molecular complexity index is 1070. The Hall–Kier alpha value is -1.53. The van der Waals surface area contributed by atoms with Gasteiger partial charge in [-0.1, -0.05) is 25.5 Å². The first kappa shape index (κ1) is 28.0. The topological polar surface area (TPSA) is 165 Å². The summed E-state index contributed by atoms with van der Waals surface area (Å²) in [7, 11) is 0. The SMILES string of the molecule is CC1C[C@H]2[C@@H]3CCC4=CC(=O)C(C5O[C@H](CO)[C@H](O)[C@H](O)[C@H]5O)=C[C@]4(C)C3(F)C(O)C[C@]2(C)[C@H]1C(=O)CO. The zero-order valence-corrected chi connectivity index (χ0v) is 22.0. The number of hydrogen-bond donors (Lipinski definition) is 6. The Kier molecular flexibility index (Phi) is 6.83. The highest BCUT2D eigenvalue weighted by Gasteiger charge is 2.72. The number of aliphatic hydroxyl groups is 6. The molecule has 212 valence electrons. The number of hydrogen-bond acceptors (Lipinski definition) is 9. The van der Waals surface area contributed by atoms with Crippen molar-refractivity contribution in [1.82, 2.24) is 0 Å². The number of aliphatic hydroxyl groups excluding tert-OH is 6. The molecular formula is C28H39FO9. The molecule has 0 aromatic heterocycles. The summed E-state index contributed by atoms with van der Waals surface area (Å²) >= 11 is 0. The van der Waals surface area contributed by atoms with Crippen LogP contribution in [0, 0.1) is 34.5 Å². The van der Waals surface area contributed by atoms with Crippen LogP contribution >= 0.6 is 0 Å². The lowest BCUT2D eigenvalue weighted by atomic mass is 9.44. The number of carbonyl (C=O) groups is 2. The van der Waals surface area contributed by atoms with Gasteiger partial charge in [-0.3, -0.25) is 9.59 Å². The van der Waals surface area contributed by atoms with Crippen molar-refractivity contribution in [3.63, 3.8) is 0 Å². The molecule has 0 aromatic carbocycles. The zero-order valence-electron chi connectivity index (χ0n) is 22.0. The van der Waals surface area contributed by atoms with E-state index in [1.165, 1.54) is 12.2 Å². The molecule has 3 saturated carbocycles. The van der Waals surface area contributed by atoms with Crippen LogP contribution in [-0.2, 0) is 14.3 Å². The van der Waals surface area contributed by atoms with Crippen LogP contribution in [0.3, 0.4) is 0 Å². The van der Waals surface area contributed by atoms with Crippen molar-refractivity contribution >= 4 is 11.6 Å². The average Bonchev–Trinajstić information content (AvgIpc) is 3.13. The number of rotatable bonds is 4. The minimum absolute atomic E-state index is 0.0193. The lowest BCUT2D eigenvalue weighted by Crippen LogP contribution is -2.67. The molecule has 4 unspecified atom stereocenters. The maximum absolute atomic E-state index is 17.7. The van der Waals surface area contributed by atoms with E-state index >= 15 is 4.39 Å². The fraction of sp³-hybridized carbons (Fsp3) is 0.786. The van der Waals surface area contributed by atoms with Gasteiger partial charge in [0.05, 0.1) is 12.7 Å². The molecule has 1 aliphatic heterocycles. The van der Waals surface area contributed by atoms with E-state index in [1.54, 1.807) is 6.92 Å². The van der Waals surface area contributed by atoms with Crippen LogP contribution in [0.4, 0.5) is 4.39 Å². The summed E-state index contributed by atoms with van der Waals surface area (Å²) in [5.74, 6) is -2.25. The molecule has 0 spiro atoms. The van der Waals surface area contributed by atoms with Crippen molar-refractivity contribution in [3.05, 3.63) is 23.3 Å². The predicted molar refractivity (Wildman–Crippen MR) is 131 cm³/mol. The summed E-state index contributed by atoms with van der Waals surface area (Å²) in [5, 5.41) is 61.9. The molecule has 0 radical (unpaired) electrons. The third-order valence-electron chi connectivity index (χ3n) is 10.8. The van der Waals surface area contributed by atoms with Gasteiger partial charge in [0.1, 0.15) is 37.1 Å². The summed E-state index contributed by atoms with van der Waals surface area (Å²) in [5.41, 5.74) is -3.91. The molecule has 5 aliphatic rings. The first-order valence-electron chi connectivity index (χ1n) is 13.5. The normalized spacial score (nSPS) is 52.4. The van der Waals surface area contributed by atoms with Gasteiger partial charge in [-0.2, -0.15) is 0 Å². The highest BCUT2D eigenvalue weighted by Crippen LogP contribution is 2.70. The van der Waals surface area contributed by atoms with Crippen LogP contribution in [0.15, 0.2) is 23.3 Å². The third kappa shape index (κ3) is 3.54. The third-order valence-corrected chi connectivity index (χ3v) is 10.8.